The summed E-state index contributed by atoms with van der Waals surface area (Å²) in [5, 5.41) is 48.4. The molecule has 0 amide bonds. The van der Waals surface area contributed by atoms with E-state index in [-0.39, 0.29) is 12.5 Å². The SMILES string of the molecule is NCC(O)(C1CCCCC1)C(O)C(O)C(O)CO. The monoisotopic (exact) mass is 263 g/mol. The fourth-order valence-corrected chi connectivity index (χ4v) is 2.75. The first-order valence-corrected chi connectivity index (χ1v) is 6.54. The van der Waals surface area contributed by atoms with Gasteiger partial charge in [-0.05, 0) is 18.8 Å². The topological polar surface area (TPSA) is 127 Å². The molecule has 6 heteroatoms. The third kappa shape index (κ3) is 3.20. The Morgan fingerprint density at radius 1 is 1.11 bits per heavy atom. The maximum atomic E-state index is 10.5. The van der Waals surface area contributed by atoms with Gasteiger partial charge in [-0.25, -0.2) is 0 Å². The second-order valence-electron chi connectivity index (χ2n) is 5.22. The van der Waals surface area contributed by atoms with Gasteiger partial charge in [-0.2, -0.15) is 0 Å². The summed E-state index contributed by atoms with van der Waals surface area (Å²) in [5.74, 6) is -0.188. The molecule has 4 atom stereocenters. The van der Waals surface area contributed by atoms with E-state index in [1.807, 2.05) is 0 Å². The molecular weight excluding hydrogens is 238 g/mol. The van der Waals surface area contributed by atoms with Crippen molar-refractivity contribution < 1.29 is 25.5 Å². The molecule has 1 rings (SSSR count). The van der Waals surface area contributed by atoms with E-state index in [1.165, 1.54) is 0 Å². The first kappa shape index (κ1) is 15.8. The van der Waals surface area contributed by atoms with E-state index in [2.05, 4.69) is 0 Å². The van der Waals surface area contributed by atoms with Gasteiger partial charge < -0.3 is 31.3 Å². The lowest BCUT2D eigenvalue weighted by molar-refractivity contribution is -0.179. The van der Waals surface area contributed by atoms with E-state index >= 15 is 0 Å². The maximum Gasteiger partial charge on any atom is 0.113 e. The van der Waals surface area contributed by atoms with Crippen LogP contribution in [-0.2, 0) is 0 Å². The third-order valence-corrected chi connectivity index (χ3v) is 4.06. The first-order chi connectivity index (χ1) is 8.47. The van der Waals surface area contributed by atoms with Crippen molar-refractivity contribution >= 4 is 0 Å². The Bertz CT molecular complexity index is 247. The summed E-state index contributed by atoms with van der Waals surface area (Å²) in [6.07, 6.45) is -0.162. The standard InChI is InChI=1S/C12H25NO5/c13-7-12(18,8-4-2-1-3-5-8)11(17)10(16)9(15)6-14/h8-11,14-18H,1-7,13H2. The van der Waals surface area contributed by atoms with Gasteiger partial charge in [-0.3, -0.25) is 0 Å². The van der Waals surface area contributed by atoms with Crippen LogP contribution < -0.4 is 5.73 Å². The zero-order valence-electron chi connectivity index (χ0n) is 10.6. The van der Waals surface area contributed by atoms with Gasteiger partial charge in [0.25, 0.3) is 0 Å². The molecule has 0 aliphatic heterocycles. The number of nitrogens with two attached hydrogens (primary N) is 1. The maximum absolute atomic E-state index is 10.5. The first-order valence-electron chi connectivity index (χ1n) is 6.54. The quantitative estimate of drug-likeness (QED) is 0.340. The molecule has 108 valence electrons. The van der Waals surface area contributed by atoms with Gasteiger partial charge >= 0.3 is 0 Å². The average Bonchev–Trinajstić information content (AvgIpc) is 2.44. The number of hydrogen-bond donors (Lipinski definition) is 6. The number of hydrogen-bond acceptors (Lipinski definition) is 6. The highest BCUT2D eigenvalue weighted by Gasteiger charge is 2.46. The second kappa shape index (κ2) is 6.79. The predicted octanol–water partition coefficient (Wildman–Crippen LogP) is -1.67. The Morgan fingerprint density at radius 2 is 1.67 bits per heavy atom. The second-order valence-corrected chi connectivity index (χ2v) is 5.22. The van der Waals surface area contributed by atoms with Crippen LogP contribution in [0.25, 0.3) is 0 Å². The number of aliphatic hydroxyl groups excluding tert-OH is 4. The lowest BCUT2D eigenvalue weighted by atomic mass is 9.72. The number of rotatable bonds is 6. The summed E-state index contributed by atoms with van der Waals surface area (Å²) in [4.78, 5) is 0. The van der Waals surface area contributed by atoms with Gasteiger partial charge in [0, 0.05) is 6.54 Å². The smallest absolute Gasteiger partial charge is 0.113 e. The van der Waals surface area contributed by atoms with Crippen molar-refractivity contribution in [3.05, 3.63) is 0 Å². The molecule has 0 radical (unpaired) electrons. The fraction of sp³-hybridized carbons (Fsp3) is 1.00. The molecule has 1 aliphatic carbocycles. The van der Waals surface area contributed by atoms with Crippen LogP contribution in [0.4, 0.5) is 0 Å². The molecule has 1 saturated carbocycles. The van der Waals surface area contributed by atoms with Crippen LogP contribution in [0.3, 0.4) is 0 Å². The normalized spacial score (nSPS) is 26.3. The van der Waals surface area contributed by atoms with Crippen LogP contribution in [0, 0.1) is 5.92 Å². The summed E-state index contributed by atoms with van der Waals surface area (Å²) in [6.45, 7) is -0.864. The Hall–Kier alpha value is -0.240. The van der Waals surface area contributed by atoms with Crippen molar-refractivity contribution in [3.63, 3.8) is 0 Å². The minimum atomic E-state index is -1.62. The van der Waals surface area contributed by atoms with Gasteiger partial charge in [-0.15, -0.1) is 0 Å². The van der Waals surface area contributed by atoms with Crippen LogP contribution in [0.15, 0.2) is 0 Å². The predicted molar refractivity (Wildman–Crippen MR) is 65.7 cm³/mol. The third-order valence-electron chi connectivity index (χ3n) is 4.06. The van der Waals surface area contributed by atoms with Crippen LogP contribution in [0.5, 0.6) is 0 Å². The molecule has 0 spiro atoms. The molecule has 0 aromatic rings. The van der Waals surface area contributed by atoms with Gasteiger partial charge in [0.1, 0.15) is 23.9 Å². The van der Waals surface area contributed by atoms with E-state index < -0.39 is 30.5 Å². The zero-order valence-corrected chi connectivity index (χ0v) is 10.6. The van der Waals surface area contributed by atoms with Crippen molar-refractivity contribution in [2.75, 3.05) is 13.2 Å². The van der Waals surface area contributed by atoms with Gasteiger partial charge in [0.05, 0.1) is 6.61 Å². The summed E-state index contributed by atoms with van der Waals surface area (Å²) in [6, 6.07) is 0. The molecule has 6 nitrogen and oxygen atoms in total. The molecule has 0 aromatic heterocycles. The van der Waals surface area contributed by atoms with Crippen molar-refractivity contribution in [3.8, 4) is 0 Å². The van der Waals surface area contributed by atoms with Crippen LogP contribution in [0.2, 0.25) is 0 Å². The highest BCUT2D eigenvalue weighted by molar-refractivity contribution is 4.99. The molecule has 1 aliphatic rings. The van der Waals surface area contributed by atoms with E-state index in [4.69, 9.17) is 10.8 Å². The van der Waals surface area contributed by atoms with Crippen LogP contribution in [-0.4, -0.2) is 62.6 Å². The zero-order chi connectivity index (χ0) is 13.8. The lowest BCUT2D eigenvalue weighted by Crippen LogP contribution is -2.61. The summed E-state index contributed by atoms with van der Waals surface area (Å²) in [7, 11) is 0. The molecule has 1 fully saturated rings. The van der Waals surface area contributed by atoms with Crippen molar-refractivity contribution in [1.29, 1.82) is 0 Å². The van der Waals surface area contributed by atoms with Crippen molar-refractivity contribution in [1.82, 2.24) is 0 Å². The Morgan fingerprint density at radius 3 is 2.11 bits per heavy atom. The van der Waals surface area contributed by atoms with Gasteiger partial charge in [-0.1, -0.05) is 19.3 Å². The highest BCUT2D eigenvalue weighted by atomic mass is 16.4. The Balaban J connectivity index is 2.78. The Labute approximate surface area is 107 Å². The molecule has 0 saturated heterocycles. The van der Waals surface area contributed by atoms with Crippen LogP contribution >= 0.6 is 0 Å². The van der Waals surface area contributed by atoms with Gasteiger partial charge in [0.2, 0.25) is 0 Å². The van der Waals surface area contributed by atoms with Gasteiger partial charge in [0.15, 0.2) is 0 Å². The average molecular weight is 263 g/mol. The van der Waals surface area contributed by atoms with Crippen molar-refractivity contribution in [2.45, 2.75) is 56.0 Å². The molecule has 4 unspecified atom stereocenters. The largest absolute Gasteiger partial charge is 0.394 e. The summed E-state index contributed by atoms with van der Waals surface area (Å²) >= 11 is 0. The van der Waals surface area contributed by atoms with E-state index in [1.54, 1.807) is 0 Å². The van der Waals surface area contributed by atoms with Crippen molar-refractivity contribution in [2.24, 2.45) is 11.7 Å². The minimum absolute atomic E-state index is 0.186. The fourth-order valence-electron chi connectivity index (χ4n) is 2.75. The minimum Gasteiger partial charge on any atom is -0.394 e. The Kier molecular flexibility index (Phi) is 5.97. The highest BCUT2D eigenvalue weighted by Crippen LogP contribution is 2.35. The molecule has 0 bridgehead atoms. The summed E-state index contributed by atoms with van der Waals surface area (Å²) < 4.78 is 0. The molecular formula is C12H25NO5. The van der Waals surface area contributed by atoms with E-state index in [0.717, 1.165) is 32.1 Å². The van der Waals surface area contributed by atoms with Crippen LogP contribution in [0.1, 0.15) is 32.1 Å². The molecule has 0 aromatic carbocycles. The summed E-state index contributed by atoms with van der Waals surface area (Å²) in [5.41, 5.74) is 3.94. The molecule has 7 N–H and O–H groups in total. The number of aliphatic hydroxyl groups is 5. The molecule has 0 heterocycles. The van der Waals surface area contributed by atoms with E-state index in [0.29, 0.717) is 0 Å². The molecule has 18 heavy (non-hydrogen) atoms. The lowest BCUT2D eigenvalue weighted by Gasteiger charge is -2.43. The van der Waals surface area contributed by atoms with E-state index in [9.17, 15) is 20.4 Å².